The molecule has 2 rings (SSSR count). The van der Waals surface area contributed by atoms with Crippen LogP contribution in [-0.2, 0) is 24.0 Å². The van der Waals surface area contributed by atoms with Gasteiger partial charge in [0.1, 0.15) is 18.4 Å². The van der Waals surface area contributed by atoms with Gasteiger partial charge < -0.3 is 36.1 Å². The first kappa shape index (κ1) is 28.6. The summed E-state index contributed by atoms with van der Waals surface area (Å²) in [7, 11) is 0. The molecule has 1 aliphatic rings. The Hall–Kier alpha value is -3.67. The highest BCUT2D eigenvalue weighted by Crippen LogP contribution is 2.21. The van der Waals surface area contributed by atoms with Gasteiger partial charge in [-0.1, -0.05) is 25.4 Å². The molecule has 3 atom stereocenters. The molecular formula is C23H30ClN5O7. The van der Waals surface area contributed by atoms with Crippen molar-refractivity contribution in [3.05, 3.63) is 28.8 Å². The highest BCUT2D eigenvalue weighted by molar-refractivity contribution is 6.33. The highest BCUT2D eigenvalue weighted by Gasteiger charge is 2.40. The summed E-state index contributed by atoms with van der Waals surface area (Å²) in [6, 6.07) is 0.756. The number of aldehydes is 1. The molecule has 0 unspecified atom stereocenters. The minimum atomic E-state index is -1.31. The number of benzene rings is 1. The van der Waals surface area contributed by atoms with Crippen molar-refractivity contribution in [2.24, 2.45) is 5.92 Å². The van der Waals surface area contributed by atoms with E-state index in [9.17, 15) is 28.8 Å². The maximum Gasteiger partial charge on any atom is 0.305 e. The van der Waals surface area contributed by atoms with Crippen LogP contribution in [0.1, 0.15) is 37.6 Å². The Morgan fingerprint density at radius 3 is 2.39 bits per heavy atom. The molecule has 5 N–H and O–H groups in total. The minimum absolute atomic E-state index is 0.00598. The number of carboxylic acid groups (broad SMARTS) is 1. The predicted octanol–water partition coefficient (Wildman–Crippen LogP) is -0.106. The van der Waals surface area contributed by atoms with Crippen molar-refractivity contribution in [1.29, 1.82) is 0 Å². The fourth-order valence-electron chi connectivity index (χ4n) is 3.74. The zero-order chi connectivity index (χ0) is 27.2. The van der Waals surface area contributed by atoms with Gasteiger partial charge in [0.2, 0.25) is 17.7 Å². The number of halogens is 1. The average molecular weight is 524 g/mol. The Bertz CT molecular complexity index is 1050. The zero-order valence-corrected chi connectivity index (χ0v) is 20.9. The number of hydrogen-bond acceptors (Lipinski definition) is 7. The lowest BCUT2D eigenvalue weighted by molar-refractivity contribution is -0.150. The second-order valence-corrected chi connectivity index (χ2v) is 9.20. The van der Waals surface area contributed by atoms with Crippen molar-refractivity contribution >= 4 is 53.2 Å². The maximum absolute atomic E-state index is 13.6. The molecule has 196 valence electrons. The summed E-state index contributed by atoms with van der Waals surface area (Å²) < 4.78 is 0. The van der Waals surface area contributed by atoms with Gasteiger partial charge in [-0.05, 0) is 24.1 Å². The number of nitrogens with two attached hydrogens (primary N) is 1. The topological polar surface area (TPSA) is 179 Å². The van der Waals surface area contributed by atoms with Crippen molar-refractivity contribution in [3.63, 3.8) is 0 Å². The Kier molecular flexibility index (Phi) is 9.79. The molecule has 0 radical (unpaired) electrons. The molecule has 0 aliphatic carbocycles. The standard InChI is InChI=1S/C23H30ClN5O7/c1-12(2)20(27-21(34)14-4-5-17(25)16(24)8-14)23(36)29-7-6-28(13(3)31)10-18(29)22(35)26-15(11-30)9-19(32)33/h4-5,8,11-12,15,18,20H,6-7,9-10,25H2,1-3H3,(H,26,35)(H,27,34)(H,32,33)/t15-,18-,20-/m0/s1. The van der Waals surface area contributed by atoms with Gasteiger partial charge in [-0.25, -0.2) is 0 Å². The average Bonchev–Trinajstić information content (AvgIpc) is 2.82. The molecule has 1 aliphatic heterocycles. The smallest absolute Gasteiger partial charge is 0.305 e. The number of amides is 4. The number of nitrogens with one attached hydrogen (secondary N) is 2. The third kappa shape index (κ3) is 7.17. The molecule has 1 fully saturated rings. The Balaban J connectivity index is 2.29. The normalized spacial score (nSPS) is 17.2. The number of nitrogens with zero attached hydrogens (tertiary/aromatic N) is 2. The summed E-state index contributed by atoms with van der Waals surface area (Å²) in [6.07, 6.45) is -0.347. The van der Waals surface area contributed by atoms with Crippen molar-refractivity contribution in [1.82, 2.24) is 20.4 Å². The molecule has 12 nitrogen and oxygen atoms in total. The van der Waals surface area contributed by atoms with Gasteiger partial charge in [0.15, 0.2) is 0 Å². The third-order valence-electron chi connectivity index (χ3n) is 5.78. The molecule has 0 aromatic heterocycles. The van der Waals surface area contributed by atoms with E-state index in [0.29, 0.717) is 12.0 Å². The van der Waals surface area contributed by atoms with Gasteiger partial charge in [-0.2, -0.15) is 0 Å². The Morgan fingerprint density at radius 1 is 1.19 bits per heavy atom. The molecule has 1 aromatic carbocycles. The number of carbonyl (C=O) groups excluding carboxylic acids is 5. The van der Waals surface area contributed by atoms with Gasteiger partial charge in [-0.3, -0.25) is 24.0 Å². The summed E-state index contributed by atoms with van der Waals surface area (Å²) in [6.45, 7) is 4.75. The number of hydrogen-bond donors (Lipinski definition) is 4. The van der Waals surface area contributed by atoms with Gasteiger partial charge in [0, 0.05) is 25.6 Å². The first-order chi connectivity index (χ1) is 16.8. The summed E-state index contributed by atoms with van der Waals surface area (Å²) in [5, 5.41) is 14.1. The molecule has 1 aromatic rings. The Labute approximate surface area is 213 Å². The fourth-order valence-corrected chi connectivity index (χ4v) is 3.92. The SMILES string of the molecule is CC(=O)N1CCN(C(=O)[C@@H](NC(=O)c2ccc(N)c(Cl)c2)C(C)C)[C@H](C(=O)N[C@H](C=O)CC(=O)O)C1. The van der Waals surface area contributed by atoms with E-state index in [0.717, 1.165) is 0 Å². The van der Waals surface area contributed by atoms with Crippen LogP contribution in [0.5, 0.6) is 0 Å². The molecule has 1 heterocycles. The molecule has 13 heteroatoms. The summed E-state index contributed by atoms with van der Waals surface area (Å²) >= 11 is 6.00. The number of aliphatic carboxylic acids is 1. The third-order valence-corrected chi connectivity index (χ3v) is 6.11. The van der Waals surface area contributed by atoms with Gasteiger partial charge >= 0.3 is 5.97 Å². The first-order valence-electron chi connectivity index (χ1n) is 11.2. The van der Waals surface area contributed by atoms with Gasteiger partial charge in [-0.15, -0.1) is 0 Å². The molecule has 1 saturated heterocycles. The van der Waals surface area contributed by atoms with E-state index in [-0.39, 0.29) is 42.0 Å². The van der Waals surface area contributed by atoms with Crippen LogP contribution in [0, 0.1) is 5.92 Å². The number of carboxylic acids is 1. The van der Waals surface area contributed by atoms with E-state index in [4.69, 9.17) is 22.4 Å². The number of carbonyl (C=O) groups is 6. The Morgan fingerprint density at radius 2 is 1.86 bits per heavy atom. The molecule has 0 spiro atoms. The second kappa shape index (κ2) is 12.3. The van der Waals surface area contributed by atoms with Crippen LogP contribution in [0.15, 0.2) is 18.2 Å². The van der Waals surface area contributed by atoms with Crippen LogP contribution in [0.4, 0.5) is 5.69 Å². The van der Waals surface area contributed by atoms with E-state index in [1.165, 1.54) is 34.9 Å². The second-order valence-electron chi connectivity index (χ2n) is 8.79. The fraction of sp³-hybridized carbons (Fsp3) is 0.478. The molecular weight excluding hydrogens is 494 g/mol. The molecule has 0 bridgehead atoms. The van der Waals surface area contributed by atoms with Gasteiger partial charge in [0.25, 0.3) is 5.91 Å². The zero-order valence-electron chi connectivity index (χ0n) is 20.2. The number of nitrogen functional groups attached to an aromatic ring is 1. The maximum atomic E-state index is 13.6. The number of piperazine rings is 1. The number of rotatable bonds is 9. The lowest BCUT2D eigenvalue weighted by atomic mass is 9.99. The highest BCUT2D eigenvalue weighted by atomic mass is 35.5. The summed E-state index contributed by atoms with van der Waals surface area (Å²) in [4.78, 5) is 76.2. The van der Waals surface area contributed by atoms with Crippen molar-refractivity contribution in [3.8, 4) is 0 Å². The van der Waals surface area contributed by atoms with Crippen molar-refractivity contribution < 1.29 is 33.9 Å². The van der Waals surface area contributed by atoms with Crippen molar-refractivity contribution in [2.45, 2.75) is 45.3 Å². The lowest BCUT2D eigenvalue weighted by Crippen LogP contribution is -2.65. The van der Waals surface area contributed by atoms with Crippen LogP contribution >= 0.6 is 11.6 Å². The van der Waals surface area contributed by atoms with E-state index >= 15 is 0 Å². The van der Waals surface area contributed by atoms with Crippen LogP contribution in [0.2, 0.25) is 5.02 Å². The van der Waals surface area contributed by atoms with E-state index in [1.54, 1.807) is 13.8 Å². The minimum Gasteiger partial charge on any atom is -0.481 e. The lowest BCUT2D eigenvalue weighted by Gasteiger charge is -2.42. The quantitative estimate of drug-likeness (QED) is 0.256. The number of anilines is 1. The monoisotopic (exact) mass is 523 g/mol. The molecule has 36 heavy (non-hydrogen) atoms. The van der Waals surface area contributed by atoms with Crippen LogP contribution in [-0.4, -0.2) is 88.6 Å². The van der Waals surface area contributed by atoms with Crippen molar-refractivity contribution in [2.75, 3.05) is 25.4 Å². The van der Waals surface area contributed by atoms with E-state index in [1.807, 2.05) is 0 Å². The van der Waals surface area contributed by atoms with Crippen LogP contribution in [0.3, 0.4) is 0 Å². The van der Waals surface area contributed by atoms with Gasteiger partial charge in [0.05, 0.1) is 29.7 Å². The van der Waals surface area contributed by atoms with E-state index < -0.39 is 48.2 Å². The van der Waals surface area contributed by atoms with Crippen LogP contribution < -0.4 is 16.4 Å². The molecule has 4 amide bonds. The first-order valence-corrected chi connectivity index (χ1v) is 11.6. The largest absolute Gasteiger partial charge is 0.481 e. The molecule has 0 saturated carbocycles. The summed E-state index contributed by atoms with van der Waals surface area (Å²) in [5.41, 5.74) is 6.16. The van der Waals surface area contributed by atoms with E-state index in [2.05, 4.69) is 10.6 Å². The summed E-state index contributed by atoms with van der Waals surface area (Å²) in [5.74, 6) is -3.91. The predicted molar refractivity (Wildman–Crippen MR) is 130 cm³/mol. The van der Waals surface area contributed by atoms with Crippen LogP contribution in [0.25, 0.3) is 0 Å².